The van der Waals surface area contributed by atoms with Gasteiger partial charge in [-0.05, 0) is 135 Å². The van der Waals surface area contributed by atoms with E-state index in [4.69, 9.17) is 14.2 Å². The van der Waals surface area contributed by atoms with Gasteiger partial charge in [-0.25, -0.2) is 0 Å². The molecule has 0 spiro atoms. The summed E-state index contributed by atoms with van der Waals surface area (Å²) >= 11 is 0. The van der Waals surface area contributed by atoms with Crippen molar-refractivity contribution in [3.63, 3.8) is 0 Å². The Hall–Kier alpha value is -5.49. The molecule has 0 saturated carbocycles. The van der Waals surface area contributed by atoms with Gasteiger partial charge < -0.3 is 14.2 Å². The first kappa shape index (κ1) is 63.5. The lowest BCUT2D eigenvalue weighted by Crippen LogP contribution is -2.30. The van der Waals surface area contributed by atoms with Crippen LogP contribution in [-0.4, -0.2) is 37.2 Å². The van der Waals surface area contributed by atoms with Crippen LogP contribution in [0.5, 0.6) is 0 Å². The Morgan fingerprint density at radius 2 is 0.551 bits per heavy atom. The Bertz CT molecular complexity index is 1700. The van der Waals surface area contributed by atoms with E-state index in [-0.39, 0.29) is 38.4 Å². The van der Waals surface area contributed by atoms with Crippen LogP contribution in [0, 0.1) is 0 Å². The molecule has 0 aliphatic rings. The molecule has 0 aromatic heterocycles. The minimum absolute atomic E-state index is 0.158. The predicted molar refractivity (Wildman–Crippen MR) is 297 cm³/mol. The second-order valence-electron chi connectivity index (χ2n) is 16.3. The molecule has 0 unspecified atom stereocenters. The summed E-state index contributed by atoms with van der Waals surface area (Å²) in [7, 11) is 0. The van der Waals surface area contributed by atoms with E-state index in [2.05, 4.69) is 191 Å². The van der Waals surface area contributed by atoms with E-state index in [1.165, 1.54) is 0 Å². The van der Waals surface area contributed by atoms with Crippen LogP contribution in [0.1, 0.15) is 175 Å². The second-order valence-corrected chi connectivity index (χ2v) is 16.3. The summed E-state index contributed by atoms with van der Waals surface area (Å²) in [5.41, 5.74) is 0. The van der Waals surface area contributed by atoms with Gasteiger partial charge in [0.15, 0.2) is 6.10 Å². The molecule has 0 amide bonds. The fourth-order valence-corrected chi connectivity index (χ4v) is 6.08. The largest absolute Gasteiger partial charge is 0.462 e. The lowest BCUT2D eigenvalue weighted by atomic mass is 10.2. The number of hydrogen-bond acceptors (Lipinski definition) is 6. The zero-order valence-corrected chi connectivity index (χ0v) is 43.2. The normalized spacial score (nSPS) is 13.6. The van der Waals surface area contributed by atoms with Gasteiger partial charge >= 0.3 is 17.9 Å². The number of hydrogen-bond donors (Lipinski definition) is 0. The summed E-state index contributed by atoms with van der Waals surface area (Å²) < 4.78 is 16.6. The molecule has 69 heavy (non-hydrogen) atoms. The molecule has 0 N–H and O–H groups in total. The van der Waals surface area contributed by atoms with E-state index in [1.807, 2.05) is 12.2 Å². The molecule has 380 valence electrons. The second kappa shape index (κ2) is 55.1. The Balaban J connectivity index is 4.70. The van der Waals surface area contributed by atoms with Crippen LogP contribution in [0.15, 0.2) is 182 Å². The molecule has 0 saturated heterocycles. The first-order chi connectivity index (χ1) is 34.0. The average molecular weight is 945 g/mol. The summed E-state index contributed by atoms with van der Waals surface area (Å²) in [6.45, 7) is 6.11. The molecule has 0 aromatic carbocycles. The molecular weight excluding hydrogens is 853 g/mol. The Labute approximate surface area is 421 Å². The van der Waals surface area contributed by atoms with Gasteiger partial charge in [0, 0.05) is 19.3 Å². The first-order valence-electron chi connectivity index (χ1n) is 26.3. The fraction of sp³-hybridized carbons (Fsp3) is 0.476. The summed E-state index contributed by atoms with van der Waals surface area (Å²) in [5, 5.41) is 0. The van der Waals surface area contributed by atoms with Gasteiger partial charge in [0.25, 0.3) is 0 Å². The van der Waals surface area contributed by atoms with Crippen LogP contribution < -0.4 is 0 Å². The quantitative estimate of drug-likeness (QED) is 0.0262. The lowest BCUT2D eigenvalue weighted by Gasteiger charge is -2.18. The van der Waals surface area contributed by atoms with E-state index >= 15 is 0 Å². The molecule has 0 bridgehead atoms. The predicted octanol–water partition coefficient (Wildman–Crippen LogP) is 17.7. The molecule has 0 aliphatic heterocycles. The summed E-state index contributed by atoms with van der Waals surface area (Å²) in [6, 6.07) is 0. The Kier molecular flexibility index (Phi) is 50.7. The van der Waals surface area contributed by atoms with E-state index in [1.54, 1.807) is 0 Å². The van der Waals surface area contributed by atoms with E-state index in [9.17, 15) is 14.4 Å². The molecule has 0 aliphatic carbocycles. The van der Waals surface area contributed by atoms with Gasteiger partial charge in [0.2, 0.25) is 0 Å². The van der Waals surface area contributed by atoms with Crippen LogP contribution in [0.25, 0.3) is 0 Å². The van der Waals surface area contributed by atoms with Gasteiger partial charge in [-0.2, -0.15) is 0 Å². The Morgan fingerprint density at radius 3 is 0.884 bits per heavy atom. The monoisotopic (exact) mass is 945 g/mol. The molecule has 0 fully saturated rings. The van der Waals surface area contributed by atoms with Gasteiger partial charge in [-0.15, -0.1) is 0 Å². The minimum atomic E-state index is -0.864. The lowest BCUT2D eigenvalue weighted by molar-refractivity contribution is -0.166. The van der Waals surface area contributed by atoms with E-state index in [0.29, 0.717) is 19.3 Å². The number of unbranched alkanes of at least 4 members (excludes halogenated alkanes) is 3. The SMILES string of the molecule is CC/C=C\C/C=C\C/C=C\C/C=C\C/C=C\C/C=C\CCC(=O)OC[C@H](COC(=O)CCC/C=C\C/C=C\C/C=C\C/C=C\C/C=C\CC)OC(=O)CCCC/C=C\C/C=C\C/C=C\C/C=C\CC. The maximum Gasteiger partial charge on any atom is 0.306 e. The third-order valence-corrected chi connectivity index (χ3v) is 9.90. The molecule has 0 rings (SSSR count). The van der Waals surface area contributed by atoms with Crippen LogP contribution in [-0.2, 0) is 28.6 Å². The van der Waals surface area contributed by atoms with Crippen LogP contribution >= 0.6 is 0 Å². The van der Waals surface area contributed by atoms with Crippen molar-refractivity contribution >= 4 is 17.9 Å². The summed E-state index contributed by atoms with van der Waals surface area (Å²) in [4.78, 5) is 38.0. The molecule has 6 nitrogen and oxygen atoms in total. The highest BCUT2D eigenvalue weighted by Crippen LogP contribution is 2.09. The highest BCUT2D eigenvalue weighted by Gasteiger charge is 2.19. The topological polar surface area (TPSA) is 78.9 Å². The van der Waals surface area contributed by atoms with Crippen molar-refractivity contribution in [2.45, 2.75) is 181 Å². The van der Waals surface area contributed by atoms with Crippen molar-refractivity contribution in [1.82, 2.24) is 0 Å². The molecule has 0 aromatic rings. The first-order valence-corrected chi connectivity index (χ1v) is 26.3. The average Bonchev–Trinajstić information content (AvgIpc) is 3.35. The molecule has 0 heterocycles. The van der Waals surface area contributed by atoms with Crippen LogP contribution in [0.3, 0.4) is 0 Å². The molecule has 0 radical (unpaired) electrons. The zero-order chi connectivity index (χ0) is 50.0. The van der Waals surface area contributed by atoms with Crippen LogP contribution in [0.2, 0.25) is 0 Å². The smallest absolute Gasteiger partial charge is 0.306 e. The van der Waals surface area contributed by atoms with Gasteiger partial charge in [0.05, 0.1) is 0 Å². The number of allylic oxidation sites excluding steroid dienone is 30. The van der Waals surface area contributed by atoms with Crippen molar-refractivity contribution in [3.8, 4) is 0 Å². The van der Waals surface area contributed by atoms with Crippen molar-refractivity contribution in [3.05, 3.63) is 182 Å². The maximum absolute atomic E-state index is 12.8. The van der Waals surface area contributed by atoms with Gasteiger partial charge in [0.1, 0.15) is 13.2 Å². The number of rotatable bonds is 44. The molecule has 6 heteroatoms. The van der Waals surface area contributed by atoms with Crippen molar-refractivity contribution < 1.29 is 28.6 Å². The molecular formula is C63H92O6. The van der Waals surface area contributed by atoms with Crippen molar-refractivity contribution in [2.24, 2.45) is 0 Å². The zero-order valence-electron chi connectivity index (χ0n) is 43.2. The standard InChI is InChI=1S/C63H92O6/c1-4-7-10-13-16-19-22-25-28-30-31-33-36-38-41-44-47-50-53-56-62(65)68-59-60(69-63(66)57-54-51-48-45-42-39-34-27-24-21-18-15-12-9-6-3)58-67-61(64)55-52-49-46-43-40-37-35-32-29-26-23-20-17-14-11-8-5-2/h7-12,16-21,25-29,31,33-35,37-38,41-43,45-47,50,60H,4-6,13-15,22-24,30,32,36,39-40,44,48-49,51-59H2,1-3H3/b10-7-,11-8-,12-9-,19-16-,20-17-,21-18-,28-25-,29-26-,33-31-,34-27-,37-35-,41-38-,45-42-,46-43-,50-47-/t60-/m0/s1. The summed E-state index contributed by atoms with van der Waals surface area (Å²) in [5.74, 6) is -1.16. The third-order valence-electron chi connectivity index (χ3n) is 9.90. The third kappa shape index (κ3) is 53.3. The summed E-state index contributed by atoms with van der Waals surface area (Å²) in [6.07, 6.45) is 83.2. The van der Waals surface area contributed by atoms with Crippen molar-refractivity contribution in [2.75, 3.05) is 13.2 Å². The van der Waals surface area contributed by atoms with E-state index < -0.39 is 18.0 Å². The number of carbonyl (C=O) groups excluding carboxylic acids is 3. The highest BCUT2D eigenvalue weighted by molar-refractivity contribution is 5.71. The van der Waals surface area contributed by atoms with Crippen molar-refractivity contribution in [1.29, 1.82) is 0 Å². The fourth-order valence-electron chi connectivity index (χ4n) is 6.08. The number of ether oxygens (including phenoxy) is 3. The van der Waals surface area contributed by atoms with Crippen LogP contribution in [0.4, 0.5) is 0 Å². The number of carbonyl (C=O) groups is 3. The highest BCUT2D eigenvalue weighted by atomic mass is 16.6. The van der Waals surface area contributed by atoms with E-state index in [0.717, 1.165) is 116 Å². The van der Waals surface area contributed by atoms with Gasteiger partial charge in [-0.1, -0.05) is 203 Å². The maximum atomic E-state index is 12.8. The Morgan fingerprint density at radius 1 is 0.290 bits per heavy atom. The number of esters is 3. The minimum Gasteiger partial charge on any atom is -0.462 e. The molecule has 1 atom stereocenters. The van der Waals surface area contributed by atoms with Gasteiger partial charge in [-0.3, -0.25) is 14.4 Å².